The van der Waals surface area contributed by atoms with Gasteiger partial charge in [0.2, 0.25) is 0 Å². The molecule has 1 aromatic carbocycles. The van der Waals surface area contributed by atoms with E-state index in [2.05, 4.69) is 11.2 Å². The highest BCUT2D eigenvalue weighted by Gasteiger charge is 2.15. The van der Waals surface area contributed by atoms with Gasteiger partial charge in [-0.15, -0.1) is 6.42 Å². The van der Waals surface area contributed by atoms with Gasteiger partial charge in [0.05, 0.1) is 6.54 Å². The molecule has 0 spiro atoms. The Kier molecular flexibility index (Phi) is 4.35. The highest BCUT2D eigenvalue weighted by molar-refractivity contribution is 5.23. The van der Waals surface area contributed by atoms with Crippen LogP contribution in [0, 0.1) is 29.8 Å². The summed E-state index contributed by atoms with van der Waals surface area (Å²) >= 11 is 0. The molecule has 3 N–H and O–H groups in total. The first kappa shape index (κ1) is 12.6. The number of hydrogen-bond donors (Lipinski definition) is 2. The van der Waals surface area contributed by atoms with E-state index in [1.54, 1.807) is 0 Å². The Morgan fingerprint density at radius 3 is 2.31 bits per heavy atom. The number of halogens is 3. The topological polar surface area (TPSA) is 38.0 Å². The number of terminal acetylenes is 1. The molecule has 86 valence electrons. The van der Waals surface area contributed by atoms with E-state index in [1.165, 1.54) is 0 Å². The third-order valence-electron chi connectivity index (χ3n) is 2.09. The van der Waals surface area contributed by atoms with Crippen LogP contribution in [0.2, 0.25) is 0 Å². The molecule has 1 unspecified atom stereocenters. The minimum atomic E-state index is -1.49. The Morgan fingerprint density at radius 2 is 1.88 bits per heavy atom. The fraction of sp³-hybridized carbons (Fsp3) is 0.273. The van der Waals surface area contributed by atoms with Gasteiger partial charge in [0, 0.05) is 12.6 Å². The van der Waals surface area contributed by atoms with Crippen LogP contribution in [0.4, 0.5) is 13.2 Å². The van der Waals surface area contributed by atoms with Crippen molar-refractivity contribution >= 4 is 0 Å². The molecule has 0 saturated carbocycles. The highest BCUT2D eigenvalue weighted by Crippen LogP contribution is 2.18. The average Bonchev–Trinajstić information content (AvgIpc) is 2.26. The molecule has 16 heavy (non-hydrogen) atoms. The van der Waals surface area contributed by atoms with E-state index in [4.69, 9.17) is 12.2 Å². The minimum absolute atomic E-state index is 0.103. The van der Waals surface area contributed by atoms with Gasteiger partial charge in [0.15, 0.2) is 17.5 Å². The Bertz CT molecular complexity index is 389. The maximum absolute atomic E-state index is 12.9. The van der Waals surface area contributed by atoms with E-state index in [0.29, 0.717) is 0 Å². The molecule has 0 bridgehead atoms. The predicted octanol–water partition coefficient (Wildman–Crippen LogP) is 1.33. The third kappa shape index (κ3) is 2.75. The molecule has 0 saturated heterocycles. The molecular weight excluding hydrogens is 217 g/mol. The zero-order valence-electron chi connectivity index (χ0n) is 8.43. The molecule has 1 rings (SSSR count). The van der Waals surface area contributed by atoms with Crippen molar-refractivity contribution in [2.75, 3.05) is 13.1 Å². The maximum atomic E-state index is 12.9. The van der Waals surface area contributed by atoms with E-state index in [9.17, 15) is 13.2 Å². The van der Waals surface area contributed by atoms with Crippen LogP contribution in [0.3, 0.4) is 0 Å². The van der Waals surface area contributed by atoms with E-state index in [-0.39, 0.29) is 18.7 Å². The van der Waals surface area contributed by atoms with Crippen molar-refractivity contribution in [1.29, 1.82) is 0 Å². The molecule has 0 heterocycles. The molecule has 1 aromatic rings. The Morgan fingerprint density at radius 1 is 1.31 bits per heavy atom. The number of hydrogen-bond acceptors (Lipinski definition) is 2. The van der Waals surface area contributed by atoms with Crippen LogP contribution in [-0.4, -0.2) is 13.1 Å². The highest BCUT2D eigenvalue weighted by atomic mass is 19.2. The molecule has 5 heteroatoms. The second kappa shape index (κ2) is 5.54. The van der Waals surface area contributed by atoms with Crippen molar-refractivity contribution in [2.45, 2.75) is 6.04 Å². The van der Waals surface area contributed by atoms with Crippen LogP contribution in [0.5, 0.6) is 0 Å². The summed E-state index contributed by atoms with van der Waals surface area (Å²) < 4.78 is 38.6. The van der Waals surface area contributed by atoms with Crippen molar-refractivity contribution in [1.82, 2.24) is 5.32 Å². The summed E-state index contributed by atoms with van der Waals surface area (Å²) in [5.41, 5.74) is 5.64. The van der Waals surface area contributed by atoms with Gasteiger partial charge in [-0.05, 0) is 17.7 Å². The van der Waals surface area contributed by atoms with Crippen molar-refractivity contribution in [3.8, 4) is 12.3 Å². The minimum Gasteiger partial charge on any atom is -0.329 e. The Balaban J connectivity index is 2.98. The summed E-state index contributed by atoms with van der Waals surface area (Å²) in [6, 6.07) is 1.31. The summed E-state index contributed by atoms with van der Waals surface area (Å²) in [4.78, 5) is 0. The smallest absolute Gasteiger partial charge is 0.194 e. The normalized spacial score (nSPS) is 12.2. The molecule has 0 radical (unpaired) electrons. The van der Waals surface area contributed by atoms with E-state index in [0.717, 1.165) is 12.1 Å². The van der Waals surface area contributed by atoms with Gasteiger partial charge < -0.3 is 5.73 Å². The maximum Gasteiger partial charge on any atom is 0.194 e. The lowest BCUT2D eigenvalue weighted by atomic mass is 10.1. The lowest BCUT2D eigenvalue weighted by Crippen LogP contribution is -2.28. The molecule has 1 atom stereocenters. The number of nitrogens with one attached hydrogen (secondary N) is 1. The zero-order valence-corrected chi connectivity index (χ0v) is 8.43. The van der Waals surface area contributed by atoms with Crippen molar-refractivity contribution < 1.29 is 13.2 Å². The second-order valence-corrected chi connectivity index (χ2v) is 3.17. The van der Waals surface area contributed by atoms with Gasteiger partial charge in [-0.25, -0.2) is 13.2 Å². The standard InChI is InChI=1S/C11H11F3N2/c1-2-3-16-10(6-15)7-4-8(12)11(14)9(13)5-7/h1,4-5,10,16H,3,6,15H2. The Hall–Kier alpha value is -1.51. The lowest BCUT2D eigenvalue weighted by molar-refractivity contribution is 0.441. The molecule has 0 aliphatic rings. The largest absolute Gasteiger partial charge is 0.329 e. The SMILES string of the molecule is C#CCNC(CN)c1cc(F)c(F)c(F)c1. The van der Waals surface area contributed by atoms with E-state index in [1.807, 2.05) is 0 Å². The van der Waals surface area contributed by atoms with E-state index >= 15 is 0 Å². The summed E-state index contributed by atoms with van der Waals surface area (Å²) in [5.74, 6) is -1.65. The van der Waals surface area contributed by atoms with Gasteiger partial charge in [-0.1, -0.05) is 5.92 Å². The number of benzene rings is 1. The monoisotopic (exact) mass is 228 g/mol. The van der Waals surface area contributed by atoms with Crippen molar-refractivity contribution in [3.63, 3.8) is 0 Å². The Labute approximate surface area is 91.6 Å². The molecular formula is C11H11F3N2. The third-order valence-corrected chi connectivity index (χ3v) is 2.09. The summed E-state index contributed by atoms with van der Waals surface area (Å²) in [7, 11) is 0. The van der Waals surface area contributed by atoms with Crippen LogP contribution >= 0.6 is 0 Å². The first-order valence-corrected chi connectivity index (χ1v) is 4.61. The number of nitrogens with two attached hydrogens (primary N) is 1. The fourth-order valence-corrected chi connectivity index (χ4v) is 1.30. The van der Waals surface area contributed by atoms with Gasteiger partial charge in [0.25, 0.3) is 0 Å². The van der Waals surface area contributed by atoms with Crippen LogP contribution in [0.1, 0.15) is 11.6 Å². The first-order valence-electron chi connectivity index (χ1n) is 4.61. The molecule has 0 aliphatic carbocycles. The van der Waals surface area contributed by atoms with Crippen LogP contribution < -0.4 is 11.1 Å². The number of rotatable bonds is 4. The summed E-state index contributed by atoms with van der Waals surface area (Å²) in [5, 5.41) is 2.79. The van der Waals surface area contributed by atoms with Crippen molar-refractivity contribution in [2.24, 2.45) is 5.73 Å². The summed E-state index contributed by atoms with van der Waals surface area (Å²) in [6.07, 6.45) is 5.03. The zero-order chi connectivity index (χ0) is 12.1. The molecule has 0 fully saturated rings. The fourth-order valence-electron chi connectivity index (χ4n) is 1.30. The van der Waals surface area contributed by atoms with Crippen LogP contribution in [0.15, 0.2) is 12.1 Å². The van der Waals surface area contributed by atoms with Gasteiger partial charge in [-0.2, -0.15) is 0 Å². The van der Waals surface area contributed by atoms with Gasteiger partial charge in [-0.3, -0.25) is 5.32 Å². The molecule has 2 nitrogen and oxygen atoms in total. The van der Waals surface area contributed by atoms with Gasteiger partial charge >= 0.3 is 0 Å². The second-order valence-electron chi connectivity index (χ2n) is 3.17. The van der Waals surface area contributed by atoms with Crippen LogP contribution in [0.25, 0.3) is 0 Å². The molecule has 0 aliphatic heterocycles. The average molecular weight is 228 g/mol. The molecule has 0 amide bonds. The van der Waals surface area contributed by atoms with Gasteiger partial charge in [0.1, 0.15) is 0 Å². The van der Waals surface area contributed by atoms with E-state index < -0.39 is 23.5 Å². The molecule has 0 aromatic heterocycles. The summed E-state index contributed by atoms with van der Waals surface area (Å²) in [6.45, 7) is 0.314. The van der Waals surface area contributed by atoms with Crippen molar-refractivity contribution in [3.05, 3.63) is 35.1 Å². The van der Waals surface area contributed by atoms with Crippen LogP contribution in [-0.2, 0) is 0 Å². The lowest BCUT2D eigenvalue weighted by Gasteiger charge is -2.16. The quantitative estimate of drug-likeness (QED) is 0.602. The predicted molar refractivity (Wildman–Crippen MR) is 54.9 cm³/mol. The first-order chi connectivity index (χ1) is 7.60.